The van der Waals surface area contributed by atoms with Gasteiger partial charge in [-0.3, -0.25) is 0 Å². The molecule has 0 amide bonds. The van der Waals surface area contributed by atoms with Crippen molar-refractivity contribution in [2.24, 2.45) is 0 Å². The van der Waals surface area contributed by atoms with Gasteiger partial charge in [-0.25, -0.2) is 0 Å². The summed E-state index contributed by atoms with van der Waals surface area (Å²) in [6, 6.07) is 8.16. The Morgan fingerprint density at radius 3 is 2.92 bits per heavy atom. The minimum absolute atomic E-state index is 0.857. The van der Waals surface area contributed by atoms with Crippen molar-refractivity contribution >= 4 is 22.7 Å². The van der Waals surface area contributed by atoms with E-state index >= 15 is 0 Å². The van der Waals surface area contributed by atoms with Gasteiger partial charge in [-0.05, 0) is 17.5 Å². The Bertz CT molecular complexity index is 348. The van der Waals surface area contributed by atoms with Crippen LogP contribution in [0.5, 0.6) is 0 Å². The Labute approximate surface area is 77.2 Å². The standard InChI is InChI=1S/C11H9Cl/c12-11-8-4-2-6-9-5-1-3-7-10(9)11/h1-3,5-8H,4H2. The molecular formula is C11H9Cl. The van der Waals surface area contributed by atoms with E-state index in [0.29, 0.717) is 0 Å². The van der Waals surface area contributed by atoms with Gasteiger partial charge in [0.05, 0.1) is 0 Å². The molecule has 2 rings (SSSR count). The molecule has 0 bridgehead atoms. The van der Waals surface area contributed by atoms with Crippen molar-refractivity contribution in [1.82, 2.24) is 0 Å². The molecule has 1 aromatic carbocycles. The maximum Gasteiger partial charge on any atom is 0.0447 e. The molecule has 1 aromatic rings. The molecule has 1 aliphatic rings. The quantitative estimate of drug-likeness (QED) is 0.566. The summed E-state index contributed by atoms with van der Waals surface area (Å²) in [7, 11) is 0. The third-order valence-electron chi connectivity index (χ3n) is 1.95. The van der Waals surface area contributed by atoms with Crippen LogP contribution in [-0.2, 0) is 0 Å². The molecule has 0 aliphatic heterocycles. The van der Waals surface area contributed by atoms with E-state index in [2.05, 4.69) is 18.2 Å². The number of allylic oxidation sites excluding steroid dienone is 2. The summed E-state index contributed by atoms with van der Waals surface area (Å²) in [5.74, 6) is 0. The summed E-state index contributed by atoms with van der Waals surface area (Å²) in [5, 5.41) is 0.857. The number of fused-ring (bicyclic) bond motifs is 1. The zero-order valence-electron chi connectivity index (χ0n) is 6.63. The van der Waals surface area contributed by atoms with Crippen molar-refractivity contribution in [3.05, 3.63) is 47.5 Å². The molecule has 0 saturated carbocycles. The SMILES string of the molecule is ClC1=CCC=Cc2ccccc21. The fourth-order valence-electron chi connectivity index (χ4n) is 1.34. The number of hydrogen-bond donors (Lipinski definition) is 0. The molecule has 60 valence electrons. The third-order valence-corrected chi connectivity index (χ3v) is 2.31. The van der Waals surface area contributed by atoms with Crippen LogP contribution in [0.3, 0.4) is 0 Å². The van der Waals surface area contributed by atoms with Gasteiger partial charge in [0.2, 0.25) is 0 Å². The first kappa shape index (κ1) is 7.63. The normalized spacial score (nSPS) is 14.9. The number of benzene rings is 1. The van der Waals surface area contributed by atoms with E-state index in [9.17, 15) is 0 Å². The molecule has 12 heavy (non-hydrogen) atoms. The van der Waals surface area contributed by atoms with E-state index < -0.39 is 0 Å². The van der Waals surface area contributed by atoms with Crippen LogP contribution in [0.25, 0.3) is 11.1 Å². The highest BCUT2D eigenvalue weighted by Crippen LogP contribution is 2.26. The van der Waals surface area contributed by atoms with Crippen molar-refractivity contribution in [2.45, 2.75) is 6.42 Å². The van der Waals surface area contributed by atoms with E-state index in [0.717, 1.165) is 17.0 Å². The second-order valence-corrected chi connectivity index (χ2v) is 3.18. The fraction of sp³-hybridized carbons (Fsp3) is 0.0909. The minimum Gasteiger partial charge on any atom is -0.0840 e. The molecule has 0 heterocycles. The Hall–Kier alpha value is -1.01. The van der Waals surface area contributed by atoms with Crippen molar-refractivity contribution in [3.8, 4) is 0 Å². The van der Waals surface area contributed by atoms with Crippen LogP contribution in [0.2, 0.25) is 0 Å². The summed E-state index contributed by atoms with van der Waals surface area (Å²) in [6.45, 7) is 0. The average Bonchev–Trinajstić information content (AvgIpc) is 2.29. The van der Waals surface area contributed by atoms with Gasteiger partial charge in [0.1, 0.15) is 0 Å². The zero-order valence-corrected chi connectivity index (χ0v) is 7.38. The molecule has 1 aliphatic carbocycles. The van der Waals surface area contributed by atoms with E-state index in [1.807, 2.05) is 24.3 Å². The topological polar surface area (TPSA) is 0 Å². The van der Waals surface area contributed by atoms with Gasteiger partial charge in [0, 0.05) is 5.03 Å². The summed E-state index contributed by atoms with van der Waals surface area (Å²) in [6.07, 6.45) is 7.19. The molecular weight excluding hydrogens is 168 g/mol. The van der Waals surface area contributed by atoms with Gasteiger partial charge in [-0.15, -0.1) is 0 Å². The lowest BCUT2D eigenvalue weighted by molar-refractivity contribution is 1.43. The molecule has 0 unspecified atom stereocenters. The highest BCUT2D eigenvalue weighted by Gasteiger charge is 2.03. The largest absolute Gasteiger partial charge is 0.0840 e. The Morgan fingerprint density at radius 1 is 1.17 bits per heavy atom. The highest BCUT2D eigenvalue weighted by molar-refractivity contribution is 6.49. The van der Waals surface area contributed by atoms with E-state index in [4.69, 9.17) is 11.6 Å². The molecule has 1 heteroatoms. The first-order valence-corrected chi connectivity index (χ1v) is 4.37. The average molecular weight is 177 g/mol. The van der Waals surface area contributed by atoms with E-state index in [1.54, 1.807) is 0 Å². The smallest absolute Gasteiger partial charge is 0.0447 e. The summed E-state index contributed by atoms with van der Waals surface area (Å²) in [5.41, 5.74) is 2.34. The summed E-state index contributed by atoms with van der Waals surface area (Å²) in [4.78, 5) is 0. The van der Waals surface area contributed by atoms with Gasteiger partial charge in [0.15, 0.2) is 0 Å². The van der Waals surface area contributed by atoms with Crippen molar-refractivity contribution in [2.75, 3.05) is 0 Å². The third kappa shape index (κ3) is 1.30. The lowest BCUT2D eigenvalue weighted by Crippen LogP contribution is -1.80. The van der Waals surface area contributed by atoms with Gasteiger partial charge < -0.3 is 0 Å². The monoisotopic (exact) mass is 176 g/mol. The maximum absolute atomic E-state index is 6.07. The Kier molecular flexibility index (Phi) is 2.01. The molecule has 0 atom stereocenters. The van der Waals surface area contributed by atoms with Crippen molar-refractivity contribution < 1.29 is 0 Å². The second-order valence-electron chi connectivity index (χ2n) is 2.78. The highest BCUT2D eigenvalue weighted by atomic mass is 35.5. The predicted octanol–water partition coefficient (Wildman–Crippen LogP) is 3.68. The van der Waals surface area contributed by atoms with Gasteiger partial charge in [0.25, 0.3) is 0 Å². The number of rotatable bonds is 0. The van der Waals surface area contributed by atoms with Crippen LogP contribution in [-0.4, -0.2) is 0 Å². The summed E-state index contributed by atoms with van der Waals surface area (Å²) >= 11 is 6.07. The first-order chi connectivity index (χ1) is 5.88. The van der Waals surface area contributed by atoms with E-state index in [-0.39, 0.29) is 0 Å². The minimum atomic E-state index is 0.857. The molecule has 0 aromatic heterocycles. The summed E-state index contributed by atoms with van der Waals surface area (Å²) < 4.78 is 0. The van der Waals surface area contributed by atoms with Gasteiger partial charge in [-0.2, -0.15) is 0 Å². The van der Waals surface area contributed by atoms with Crippen LogP contribution in [0.4, 0.5) is 0 Å². The molecule has 0 spiro atoms. The number of hydrogen-bond acceptors (Lipinski definition) is 0. The molecule has 0 saturated heterocycles. The van der Waals surface area contributed by atoms with Crippen LogP contribution in [0, 0.1) is 0 Å². The van der Waals surface area contributed by atoms with Crippen LogP contribution >= 0.6 is 11.6 Å². The van der Waals surface area contributed by atoms with Gasteiger partial charge in [-0.1, -0.05) is 54.1 Å². The van der Waals surface area contributed by atoms with Gasteiger partial charge >= 0.3 is 0 Å². The molecule has 0 N–H and O–H groups in total. The fourth-order valence-corrected chi connectivity index (χ4v) is 1.60. The number of halogens is 1. The van der Waals surface area contributed by atoms with Crippen LogP contribution < -0.4 is 0 Å². The predicted molar refractivity (Wildman–Crippen MR) is 53.9 cm³/mol. The zero-order chi connectivity index (χ0) is 8.39. The first-order valence-electron chi connectivity index (χ1n) is 3.99. The van der Waals surface area contributed by atoms with Crippen molar-refractivity contribution in [1.29, 1.82) is 0 Å². The maximum atomic E-state index is 6.07. The lowest BCUT2D eigenvalue weighted by Gasteiger charge is -2.01. The van der Waals surface area contributed by atoms with Crippen LogP contribution in [0.15, 0.2) is 36.4 Å². The second kappa shape index (κ2) is 3.16. The Balaban J connectivity index is 2.62. The van der Waals surface area contributed by atoms with Crippen LogP contribution in [0.1, 0.15) is 17.5 Å². The Morgan fingerprint density at radius 2 is 2.00 bits per heavy atom. The van der Waals surface area contributed by atoms with Crippen molar-refractivity contribution in [3.63, 3.8) is 0 Å². The molecule has 0 fully saturated rings. The van der Waals surface area contributed by atoms with E-state index in [1.165, 1.54) is 5.56 Å². The molecule has 0 radical (unpaired) electrons. The lowest BCUT2D eigenvalue weighted by atomic mass is 10.1. The molecule has 0 nitrogen and oxygen atoms in total.